The third kappa shape index (κ3) is 6.19. The topological polar surface area (TPSA) is 87.7 Å². The molecule has 19 heavy (non-hydrogen) atoms. The molecule has 1 fully saturated rings. The molecule has 2 N–H and O–H groups in total. The number of imide groups is 1. The number of urea groups is 1. The minimum Gasteiger partial charge on any atom is -0.465 e. The highest BCUT2D eigenvalue weighted by atomic mass is 16.5. The monoisotopic (exact) mass is 271 g/mol. The largest absolute Gasteiger partial charge is 0.465 e. The molecular weight excluding hydrogens is 250 g/mol. The van der Waals surface area contributed by atoms with Gasteiger partial charge in [0.25, 0.3) is 0 Å². The Labute approximate surface area is 112 Å². The fraction of sp³-hybridized carbons (Fsp3) is 0.750. The molecule has 0 atom stereocenters. The molecule has 108 valence electrons. The number of hydrogen-bond acceptors (Lipinski definition) is 5. The summed E-state index contributed by atoms with van der Waals surface area (Å²) in [6.45, 7) is 2.77. The fourth-order valence-corrected chi connectivity index (χ4v) is 1.70. The Morgan fingerprint density at radius 1 is 1.32 bits per heavy atom. The molecule has 0 spiro atoms. The van der Waals surface area contributed by atoms with Crippen LogP contribution in [0.3, 0.4) is 0 Å². The van der Waals surface area contributed by atoms with Gasteiger partial charge in [-0.15, -0.1) is 0 Å². The molecule has 0 saturated heterocycles. The quantitative estimate of drug-likeness (QED) is 0.629. The number of amides is 3. The van der Waals surface area contributed by atoms with E-state index in [1.54, 1.807) is 6.92 Å². The van der Waals surface area contributed by atoms with Gasteiger partial charge < -0.3 is 10.1 Å². The molecule has 0 aromatic heterocycles. The normalized spacial score (nSPS) is 14.1. The van der Waals surface area contributed by atoms with Gasteiger partial charge in [0.2, 0.25) is 5.91 Å². The second kappa shape index (κ2) is 7.73. The molecule has 0 aromatic carbocycles. The van der Waals surface area contributed by atoms with E-state index in [1.807, 2.05) is 4.90 Å². The standard InChI is InChI=1S/C12H21N3O4/c1-3-19-11(17)8-15(9-4-5-9)7-6-10(16)14-12(18)13-2/h9H,3-8H2,1-2H3,(H2,13,14,16,18). The Morgan fingerprint density at radius 2 is 2.00 bits per heavy atom. The van der Waals surface area contributed by atoms with Crippen LogP contribution in [0.1, 0.15) is 26.2 Å². The molecule has 1 rings (SSSR count). The molecule has 0 radical (unpaired) electrons. The zero-order valence-electron chi connectivity index (χ0n) is 11.4. The van der Waals surface area contributed by atoms with Crippen LogP contribution in [0.2, 0.25) is 0 Å². The summed E-state index contributed by atoms with van der Waals surface area (Å²) in [7, 11) is 1.44. The lowest BCUT2D eigenvalue weighted by Gasteiger charge is -2.20. The molecule has 0 unspecified atom stereocenters. The summed E-state index contributed by atoms with van der Waals surface area (Å²) in [4.78, 5) is 35.8. The minimum absolute atomic E-state index is 0.184. The third-order valence-corrected chi connectivity index (χ3v) is 2.81. The number of ether oxygens (including phenoxy) is 1. The summed E-state index contributed by atoms with van der Waals surface area (Å²) in [5.41, 5.74) is 0. The maximum atomic E-state index is 11.5. The van der Waals surface area contributed by atoms with E-state index in [9.17, 15) is 14.4 Å². The summed E-state index contributed by atoms with van der Waals surface area (Å²) < 4.78 is 4.89. The van der Waals surface area contributed by atoms with Gasteiger partial charge in [0.1, 0.15) is 0 Å². The minimum atomic E-state index is -0.520. The van der Waals surface area contributed by atoms with Crippen LogP contribution in [0.4, 0.5) is 4.79 Å². The van der Waals surface area contributed by atoms with E-state index in [4.69, 9.17) is 4.74 Å². The average Bonchev–Trinajstić information content (AvgIpc) is 3.18. The Kier molecular flexibility index (Phi) is 6.27. The van der Waals surface area contributed by atoms with Crippen molar-refractivity contribution < 1.29 is 19.1 Å². The second-order valence-corrected chi connectivity index (χ2v) is 4.38. The number of hydrogen-bond donors (Lipinski definition) is 2. The lowest BCUT2D eigenvalue weighted by molar-refractivity contribution is -0.144. The van der Waals surface area contributed by atoms with Crippen molar-refractivity contribution in [3.05, 3.63) is 0 Å². The van der Waals surface area contributed by atoms with Gasteiger partial charge in [0.05, 0.1) is 13.2 Å². The smallest absolute Gasteiger partial charge is 0.321 e. The number of esters is 1. The molecule has 3 amide bonds. The van der Waals surface area contributed by atoms with E-state index in [1.165, 1.54) is 7.05 Å². The van der Waals surface area contributed by atoms with Crippen molar-refractivity contribution in [3.8, 4) is 0 Å². The number of nitrogens with zero attached hydrogens (tertiary/aromatic N) is 1. The van der Waals surface area contributed by atoms with Crippen molar-refractivity contribution in [2.45, 2.75) is 32.2 Å². The van der Waals surface area contributed by atoms with Crippen LogP contribution in [0.15, 0.2) is 0 Å². The lowest BCUT2D eigenvalue weighted by Crippen LogP contribution is -2.40. The van der Waals surface area contributed by atoms with Crippen molar-refractivity contribution in [1.82, 2.24) is 15.5 Å². The van der Waals surface area contributed by atoms with Crippen LogP contribution in [0, 0.1) is 0 Å². The van der Waals surface area contributed by atoms with Gasteiger partial charge in [-0.2, -0.15) is 0 Å². The third-order valence-electron chi connectivity index (χ3n) is 2.81. The summed E-state index contributed by atoms with van der Waals surface area (Å²) in [6, 6.07) is -0.162. The van der Waals surface area contributed by atoms with E-state index in [-0.39, 0.29) is 24.8 Å². The van der Waals surface area contributed by atoms with Crippen LogP contribution >= 0.6 is 0 Å². The molecule has 0 bridgehead atoms. The summed E-state index contributed by atoms with van der Waals surface area (Å²) in [6.07, 6.45) is 2.26. The number of carbonyl (C=O) groups excluding carboxylic acids is 3. The predicted molar refractivity (Wildman–Crippen MR) is 68.4 cm³/mol. The highest BCUT2D eigenvalue weighted by Crippen LogP contribution is 2.26. The molecule has 0 aromatic rings. The van der Waals surface area contributed by atoms with Gasteiger partial charge in [0.15, 0.2) is 0 Å². The van der Waals surface area contributed by atoms with Crippen molar-refractivity contribution >= 4 is 17.9 Å². The van der Waals surface area contributed by atoms with Crippen molar-refractivity contribution in [2.75, 3.05) is 26.7 Å². The van der Waals surface area contributed by atoms with E-state index >= 15 is 0 Å². The second-order valence-electron chi connectivity index (χ2n) is 4.38. The first-order chi connectivity index (χ1) is 9.06. The van der Waals surface area contributed by atoms with E-state index in [2.05, 4.69) is 10.6 Å². The number of nitrogens with one attached hydrogen (secondary N) is 2. The van der Waals surface area contributed by atoms with Crippen LogP contribution < -0.4 is 10.6 Å². The first-order valence-corrected chi connectivity index (χ1v) is 6.48. The van der Waals surface area contributed by atoms with Crippen LogP contribution in [-0.2, 0) is 14.3 Å². The molecule has 1 aliphatic rings. The van der Waals surface area contributed by atoms with Crippen LogP contribution in [0.25, 0.3) is 0 Å². The lowest BCUT2D eigenvalue weighted by atomic mass is 10.3. The Morgan fingerprint density at radius 3 is 2.53 bits per heavy atom. The Balaban J connectivity index is 2.31. The molecule has 7 nitrogen and oxygen atoms in total. The van der Waals surface area contributed by atoms with Crippen molar-refractivity contribution in [1.29, 1.82) is 0 Å². The van der Waals surface area contributed by atoms with E-state index < -0.39 is 6.03 Å². The first kappa shape index (κ1) is 15.4. The molecule has 1 saturated carbocycles. The SMILES string of the molecule is CCOC(=O)CN(CCC(=O)NC(=O)NC)C1CC1. The van der Waals surface area contributed by atoms with Gasteiger partial charge in [-0.3, -0.25) is 19.8 Å². The highest BCUT2D eigenvalue weighted by molar-refractivity contribution is 5.94. The molecule has 0 heterocycles. The average molecular weight is 271 g/mol. The molecule has 1 aliphatic carbocycles. The number of rotatable bonds is 7. The summed E-state index contributed by atoms with van der Waals surface area (Å²) in [5.74, 6) is -0.630. The molecule has 7 heteroatoms. The zero-order chi connectivity index (χ0) is 14.3. The predicted octanol–water partition coefficient (Wildman–Crippen LogP) is -0.140. The van der Waals surface area contributed by atoms with E-state index in [0.717, 1.165) is 12.8 Å². The van der Waals surface area contributed by atoms with Gasteiger partial charge in [0, 0.05) is 26.1 Å². The number of carbonyl (C=O) groups is 3. The Bertz CT molecular complexity index is 342. The van der Waals surface area contributed by atoms with Gasteiger partial charge in [-0.1, -0.05) is 0 Å². The summed E-state index contributed by atoms with van der Waals surface area (Å²) in [5, 5.41) is 4.50. The first-order valence-electron chi connectivity index (χ1n) is 6.48. The van der Waals surface area contributed by atoms with Crippen LogP contribution in [-0.4, -0.2) is 55.6 Å². The molecular formula is C12H21N3O4. The van der Waals surface area contributed by atoms with Gasteiger partial charge >= 0.3 is 12.0 Å². The zero-order valence-corrected chi connectivity index (χ0v) is 11.4. The van der Waals surface area contributed by atoms with Gasteiger partial charge in [-0.05, 0) is 19.8 Å². The van der Waals surface area contributed by atoms with Crippen LogP contribution in [0.5, 0.6) is 0 Å². The fourth-order valence-electron chi connectivity index (χ4n) is 1.70. The summed E-state index contributed by atoms with van der Waals surface area (Å²) >= 11 is 0. The van der Waals surface area contributed by atoms with E-state index in [0.29, 0.717) is 19.2 Å². The highest BCUT2D eigenvalue weighted by Gasteiger charge is 2.30. The van der Waals surface area contributed by atoms with Crippen molar-refractivity contribution in [2.24, 2.45) is 0 Å². The van der Waals surface area contributed by atoms with Crippen molar-refractivity contribution in [3.63, 3.8) is 0 Å². The van der Waals surface area contributed by atoms with Gasteiger partial charge in [-0.25, -0.2) is 4.79 Å². The molecule has 0 aliphatic heterocycles. The maximum Gasteiger partial charge on any atom is 0.321 e. The Hall–Kier alpha value is -1.63. The maximum absolute atomic E-state index is 11.5.